The van der Waals surface area contributed by atoms with Gasteiger partial charge in [0.2, 0.25) is 11.7 Å². The van der Waals surface area contributed by atoms with Crippen LogP contribution in [0.5, 0.6) is 5.75 Å². The molecule has 1 saturated heterocycles. The number of rotatable bonds is 6. The van der Waals surface area contributed by atoms with Crippen LogP contribution in [0.1, 0.15) is 30.1 Å². The minimum Gasteiger partial charge on any atom is -0.490 e. The second-order valence-electron chi connectivity index (χ2n) is 7.36. The summed E-state index contributed by atoms with van der Waals surface area (Å²) in [6, 6.07) is 9.11. The quantitative estimate of drug-likeness (QED) is 0.565. The zero-order valence-corrected chi connectivity index (χ0v) is 18.4. The van der Waals surface area contributed by atoms with E-state index >= 15 is 0 Å². The first-order valence-corrected chi connectivity index (χ1v) is 11.1. The smallest absolute Gasteiger partial charge is 0.257 e. The Kier molecular flexibility index (Phi) is 6.36. The summed E-state index contributed by atoms with van der Waals surface area (Å²) in [5.74, 6) is 1.70. The molecule has 158 valence electrons. The van der Waals surface area contributed by atoms with Crippen molar-refractivity contribution >= 4 is 28.8 Å². The van der Waals surface area contributed by atoms with E-state index in [-0.39, 0.29) is 12.0 Å². The largest absolute Gasteiger partial charge is 0.490 e. The van der Waals surface area contributed by atoms with E-state index in [9.17, 15) is 4.79 Å². The zero-order valence-electron chi connectivity index (χ0n) is 16.9. The Labute approximate surface area is 184 Å². The molecule has 1 aromatic carbocycles. The fourth-order valence-electron chi connectivity index (χ4n) is 3.32. The van der Waals surface area contributed by atoms with Gasteiger partial charge in [-0.05, 0) is 43.5 Å². The number of piperazine rings is 1. The van der Waals surface area contributed by atoms with Crippen LogP contribution in [0, 0.1) is 0 Å². The summed E-state index contributed by atoms with van der Waals surface area (Å²) in [7, 11) is 0. The molecule has 30 heavy (non-hydrogen) atoms. The van der Waals surface area contributed by atoms with Gasteiger partial charge in [-0.1, -0.05) is 22.8 Å². The van der Waals surface area contributed by atoms with Crippen molar-refractivity contribution in [3.63, 3.8) is 0 Å². The molecule has 3 aromatic rings. The molecule has 0 saturated carbocycles. The number of amides is 1. The van der Waals surface area contributed by atoms with E-state index < -0.39 is 0 Å². The summed E-state index contributed by atoms with van der Waals surface area (Å²) in [5, 5.41) is 6.56. The molecule has 1 aliphatic rings. The van der Waals surface area contributed by atoms with Crippen molar-refractivity contribution in [1.29, 1.82) is 0 Å². The van der Waals surface area contributed by atoms with E-state index in [0.29, 0.717) is 47.7 Å². The molecule has 1 aliphatic heterocycles. The highest BCUT2D eigenvalue weighted by atomic mass is 35.5. The lowest BCUT2D eigenvalue weighted by atomic mass is 10.1. The average molecular weight is 447 g/mol. The van der Waals surface area contributed by atoms with Gasteiger partial charge in [0.25, 0.3) is 5.91 Å². The molecule has 2 aromatic heterocycles. The van der Waals surface area contributed by atoms with E-state index in [1.807, 2.05) is 36.3 Å². The molecule has 0 radical (unpaired) electrons. The van der Waals surface area contributed by atoms with Gasteiger partial charge in [-0.15, -0.1) is 11.3 Å². The molecule has 0 unspecified atom stereocenters. The first-order chi connectivity index (χ1) is 14.5. The second kappa shape index (κ2) is 9.16. The number of carbonyl (C=O) groups is 1. The Balaban J connectivity index is 1.37. The monoisotopic (exact) mass is 446 g/mol. The SMILES string of the molecule is CC(C)Oc1ccc(Cl)cc1C(=O)N1CCN(Cc2nc(-c3cccs3)no2)CC1. The molecule has 1 fully saturated rings. The zero-order chi connectivity index (χ0) is 21.1. The van der Waals surface area contributed by atoms with Crippen molar-refractivity contribution < 1.29 is 14.1 Å². The Morgan fingerprint density at radius 3 is 2.77 bits per heavy atom. The van der Waals surface area contributed by atoms with Gasteiger partial charge in [0.1, 0.15) is 5.75 Å². The fraction of sp³-hybridized carbons (Fsp3) is 0.381. The average Bonchev–Trinajstić information content (AvgIpc) is 3.41. The number of aromatic nitrogens is 2. The lowest BCUT2D eigenvalue weighted by molar-refractivity contribution is 0.0609. The van der Waals surface area contributed by atoms with Crippen molar-refractivity contribution in [2.45, 2.75) is 26.5 Å². The van der Waals surface area contributed by atoms with Gasteiger partial charge < -0.3 is 14.2 Å². The first kappa shape index (κ1) is 20.8. The van der Waals surface area contributed by atoms with Crippen LogP contribution >= 0.6 is 22.9 Å². The Morgan fingerprint density at radius 1 is 1.27 bits per heavy atom. The predicted octanol–water partition coefficient (Wildman–Crippen LogP) is 4.20. The highest BCUT2D eigenvalue weighted by Crippen LogP contribution is 2.26. The number of halogens is 1. The third-order valence-corrected chi connectivity index (χ3v) is 5.86. The Morgan fingerprint density at radius 2 is 2.07 bits per heavy atom. The van der Waals surface area contributed by atoms with Crippen molar-refractivity contribution in [1.82, 2.24) is 19.9 Å². The van der Waals surface area contributed by atoms with Crippen LogP contribution in [0.4, 0.5) is 0 Å². The van der Waals surface area contributed by atoms with Crippen LogP contribution in [-0.4, -0.2) is 58.1 Å². The first-order valence-electron chi connectivity index (χ1n) is 9.84. The predicted molar refractivity (Wildman–Crippen MR) is 116 cm³/mol. The summed E-state index contributed by atoms with van der Waals surface area (Å²) in [5.41, 5.74) is 0.502. The van der Waals surface area contributed by atoms with Crippen LogP contribution in [0.3, 0.4) is 0 Å². The molecule has 0 bridgehead atoms. The number of hydrogen-bond donors (Lipinski definition) is 0. The van der Waals surface area contributed by atoms with Gasteiger partial charge >= 0.3 is 0 Å². The maximum absolute atomic E-state index is 13.1. The molecule has 9 heteroatoms. The van der Waals surface area contributed by atoms with Crippen LogP contribution in [0.2, 0.25) is 5.02 Å². The molecule has 0 aliphatic carbocycles. The van der Waals surface area contributed by atoms with E-state index in [4.69, 9.17) is 20.9 Å². The van der Waals surface area contributed by atoms with Gasteiger partial charge in [0.05, 0.1) is 23.1 Å². The standard InChI is InChI=1S/C21H23ClN4O3S/c1-14(2)28-17-6-5-15(22)12-16(17)21(27)26-9-7-25(8-10-26)13-19-23-20(24-29-19)18-4-3-11-30-18/h3-6,11-12,14H,7-10,13H2,1-2H3. The third kappa shape index (κ3) is 4.83. The normalized spacial score (nSPS) is 15.0. The second-order valence-corrected chi connectivity index (χ2v) is 8.75. The summed E-state index contributed by atoms with van der Waals surface area (Å²) >= 11 is 7.71. The number of thiophene rings is 1. The van der Waals surface area contributed by atoms with E-state index in [2.05, 4.69) is 15.0 Å². The van der Waals surface area contributed by atoms with Crippen LogP contribution < -0.4 is 4.74 Å². The molecule has 4 rings (SSSR count). The lowest BCUT2D eigenvalue weighted by Gasteiger charge is -2.34. The van der Waals surface area contributed by atoms with Crippen LogP contribution in [-0.2, 0) is 6.54 Å². The molecule has 7 nitrogen and oxygen atoms in total. The van der Waals surface area contributed by atoms with E-state index in [1.54, 1.807) is 29.5 Å². The fourth-order valence-corrected chi connectivity index (χ4v) is 4.14. The highest BCUT2D eigenvalue weighted by molar-refractivity contribution is 7.13. The molecule has 0 N–H and O–H groups in total. The number of carbonyl (C=O) groups excluding carboxylic acids is 1. The third-order valence-electron chi connectivity index (χ3n) is 4.76. The van der Waals surface area contributed by atoms with Crippen molar-refractivity contribution in [3.8, 4) is 16.5 Å². The lowest BCUT2D eigenvalue weighted by Crippen LogP contribution is -2.48. The summed E-state index contributed by atoms with van der Waals surface area (Å²) in [4.78, 5) is 22.6. The van der Waals surface area contributed by atoms with Gasteiger partial charge in [-0.25, -0.2) is 0 Å². The highest BCUT2D eigenvalue weighted by Gasteiger charge is 2.26. The van der Waals surface area contributed by atoms with Crippen molar-refractivity contribution in [2.24, 2.45) is 0 Å². The Hall–Kier alpha value is -2.42. The number of ether oxygens (including phenoxy) is 1. The van der Waals surface area contributed by atoms with Crippen molar-refractivity contribution in [2.75, 3.05) is 26.2 Å². The summed E-state index contributed by atoms with van der Waals surface area (Å²) in [6.07, 6.45) is -0.0250. The minimum atomic E-state index is -0.0643. The topological polar surface area (TPSA) is 71.7 Å². The Bertz CT molecular complexity index is 998. The number of hydrogen-bond acceptors (Lipinski definition) is 7. The van der Waals surface area contributed by atoms with Gasteiger partial charge in [0, 0.05) is 31.2 Å². The molecule has 1 amide bonds. The molecule has 0 atom stereocenters. The van der Waals surface area contributed by atoms with Crippen LogP contribution in [0.15, 0.2) is 40.2 Å². The van der Waals surface area contributed by atoms with Gasteiger partial charge in [-0.2, -0.15) is 4.98 Å². The van der Waals surface area contributed by atoms with E-state index in [1.165, 1.54) is 0 Å². The maximum Gasteiger partial charge on any atom is 0.257 e. The van der Waals surface area contributed by atoms with Crippen LogP contribution in [0.25, 0.3) is 10.7 Å². The number of benzene rings is 1. The minimum absolute atomic E-state index is 0.0250. The molecular weight excluding hydrogens is 424 g/mol. The van der Waals surface area contributed by atoms with E-state index in [0.717, 1.165) is 18.0 Å². The van der Waals surface area contributed by atoms with Crippen molar-refractivity contribution in [3.05, 3.63) is 52.2 Å². The molecular formula is C21H23ClN4O3S. The summed E-state index contributed by atoms with van der Waals surface area (Å²) in [6.45, 7) is 7.11. The molecule has 0 spiro atoms. The maximum atomic E-state index is 13.1. The van der Waals surface area contributed by atoms with Gasteiger partial charge in [-0.3, -0.25) is 9.69 Å². The number of nitrogens with zero attached hydrogens (tertiary/aromatic N) is 4. The molecule has 3 heterocycles. The summed E-state index contributed by atoms with van der Waals surface area (Å²) < 4.78 is 11.2. The van der Waals surface area contributed by atoms with Gasteiger partial charge in [0.15, 0.2) is 0 Å².